The van der Waals surface area contributed by atoms with E-state index >= 15 is 0 Å². The molecule has 1 heterocycles. The lowest BCUT2D eigenvalue weighted by atomic mass is 10.1. The highest BCUT2D eigenvalue weighted by molar-refractivity contribution is 7.92. The summed E-state index contributed by atoms with van der Waals surface area (Å²) in [6.45, 7) is 4.12. The van der Waals surface area contributed by atoms with Gasteiger partial charge in [0.05, 0.1) is 28.2 Å². The molecular weight excluding hydrogens is 358 g/mol. The van der Waals surface area contributed by atoms with Crippen LogP contribution in [0.15, 0.2) is 71.9 Å². The molecule has 5 nitrogen and oxygen atoms in total. The number of rotatable bonds is 7. The number of aromatic nitrogens is 2. The third-order valence-corrected chi connectivity index (χ3v) is 6.47. The Labute approximate surface area is 160 Å². The van der Waals surface area contributed by atoms with E-state index in [1.54, 1.807) is 50.5 Å². The Morgan fingerprint density at radius 1 is 0.963 bits per heavy atom. The average molecular weight is 382 g/mol. The molecule has 0 fully saturated rings. The summed E-state index contributed by atoms with van der Waals surface area (Å²) in [5, 5.41) is 2.84. The molecule has 0 bridgehead atoms. The van der Waals surface area contributed by atoms with Gasteiger partial charge in [-0.2, -0.15) is 0 Å². The molecule has 27 heavy (non-hydrogen) atoms. The highest BCUT2D eigenvalue weighted by atomic mass is 32.2. The monoisotopic (exact) mass is 381 g/mol. The van der Waals surface area contributed by atoms with Gasteiger partial charge in [0, 0.05) is 12.1 Å². The van der Waals surface area contributed by atoms with E-state index in [-0.39, 0.29) is 0 Å². The van der Waals surface area contributed by atoms with Crippen LogP contribution in [0.5, 0.6) is 0 Å². The molecule has 3 aromatic rings. The maximum Gasteiger partial charge on any atom is 0.180 e. The molecule has 2 aromatic carbocycles. The second kappa shape index (κ2) is 8.31. The first-order valence-corrected chi connectivity index (χ1v) is 10.5. The largest absolute Gasteiger partial charge is 0.368 e. The minimum atomic E-state index is -3.27. The quantitative estimate of drug-likeness (QED) is 0.670. The summed E-state index contributed by atoms with van der Waals surface area (Å²) in [7, 11) is -3.27. The Morgan fingerprint density at radius 3 is 2.33 bits per heavy atom. The smallest absolute Gasteiger partial charge is 0.180 e. The van der Waals surface area contributed by atoms with Gasteiger partial charge in [-0.05, 0) is 38.0 Å². The van der Waals surface area contributed by atoms with Gasteiger partial charge in [-0.1, -0.05) is 42.5 Å². The van der Waals surface area contributed by atoms with Crippen molar-refractivity contribution in [3.8, 4) is 11.3 Å². The van der Waals surface area contributed by atoms with Crippen molar-refractivity contribution in [3.63, 3.8) is 0 Å². The molecule has 3 rings (SSSR count). The van der Waals surface area contributed by atoms with Gasteiger partial charge >= 0.3 is 0 Å². The molecule has 0 saturated carbocycles. The van der Waals surface area contributed by atoms with E-state index in [1.807, 2.05) is 18.2 Å². The third-order valence-electron chi connectivity index (χ3n) is 4.30. The molecule has 0 spiro atoms. The summed E-state index contributed by atoms with van der Waals surface area (Å²) >= 11 is 0. The highest BCUT2D eigenvalue weighted by Gasteiger charge is 2.18. The normalized spacial score (nSPS) is 11.5. The van der Waals surface area contributed by atoms with E-state index < -0.39 is 15.1 Å². The van der Waals surface area contributed by atoms with Crippen LogP contribution in [0, 0.1) is 0 Å². The lowest BCUT2D eigenvalue weighted by Crippen LogP contribution is -2.13. The molecule has 0 saturated heterocycles. The zero-order valence-corrected chi connectivity index (χ0v) is 16.3. The Hall–Kier alpha value is -2.73. The van der Waals surface area contributed by atoms with Gasteiger partial charge in [0.15, 0.2) is 9.84 Å². The molecule has 0 amide bonds. The number of hydrogen-bond acceptors (Lipinski definition) is 5. The maximum absolute atomic E-state index is 12.2. The summed E-state index contributed by atoms with van der Waals surface area (Å²) in [5.41, 5.74) is 2.79. The van der Waals surface area contributed by atoms with E-state index in [4.69, 9.17) is 0 Å². The van der Waals surface area contributed by atoms with Crippen LogP contribution in [0.25, 0.3) is 11.3 Å². The molecule has 0 aliphatic heterocycles. The maximum atomic E-state index is 12.2. The minimum absolute atomic E-state index is 0.325. The van der Waals surface area contributed by atoms with Crippen LogP contribution in [-0.4, -0.2) is 30.2 Å². The molecule has 0 atom stereocenters. The van der Waals surface area contributed by atoms with Gasteiger partial charge in [0.25, 0.3) is 0 Å². The lowest BCUT2D eigenvalue weighted by molar-refractivity contribution is 0.587. The summed E-state index contributed by atoms with van der Waals surface area (Å²) in [5.74, 6) is 0.697. The molecule has 1 aromatic heterocycles. The Bertz CT molecular complexity index is 985. The first-order chi connectivity index (χ1) is 13.0. The van der Waals surface area contributed by atoms with Crippen molar-refractivity contribution in [3.05, 3.63) is 72.6 Å². The van der Waals surface area contributed by atoms with Crippen LogP contribution in [-0.2, 0) is 16.3 Å². The average Bonchev–Trinajstić information content (AvgIpc) is 2.69. The van der Waals surface area contributed by atoms with Crippen LogP contribution in [0.2, 0.25) is 0 Å². The third kappa shape index (κ3) is 4.71. The number of nitrogens with one attached hydrogen (secondary N) is 1. The second-order valence-electron chi connectivity index (χ2n) is 6.57. The molecule has 0 aliphatic rings. The molecule has 6 heteroatoms. The van der Waals surface area contributed by atoms with E-state index in [0.717, 1.165) is 18.5 Å². The van der Waals surface area contributed by atoms with Crippen LogP contribution in [0.1, 0.15) is 19.4 Å². The zero-order valence-electron chi connectivity index (χ0n) is 15.5. The predicted molar refractivity (Wildman–Crippen MR) is 108 cm³/mol. The number of anilines is 1. The number of benzene rings is 2. The minimum Gasteiger partial charge on any atom is -0.368 e. The molecule has 140 valence electrons. The SMILES string of the molecule is CC(C)S(=O)(=O)c1ccc(-c2cncc(NCCc3ccccc3)n2)cc1. The van der Waals surface area contributed by atoms with Crippen LogP contribution in [0.3, 0.4) is 0 Å². The van der Waals surface area contributed by atoms with Gasteiger partial charge in [-0.3, -0.25) is 4.98 Å². The standard InChI is InChI=1S/C21H23N3O2S/c1-16(2)27(25,26)19-10-8-18(9-11-19)20-14-22-15-21(24-20)23-13-12-17-6-4-3-5-7-17/h3-11,14-16H,12-13H2,1-2H3,(H,23,24). The van der Waals surface area contributed by atoms with Gasteiger partial charge in [-0.25, -0.2) is 13.4 Å². The topological polar surface area (TPSA) is 72.0 Å². The molecular formula is C21H23N3O2S. The molecule has 0 radical (unpaired) electrons. The highest BCUT2D eigenvalue weighted by Crippen LogP contribution is 2.22. The zero-order chi connectivity index (χ0) is 19.3. The fourth-order valence-electron chi connectivity index (χ4n) is 2.66. The van der Waals surface area contributed by atoms with E-state index in [0.29, 0.717) is 16.4 Å². The van der Waals surface area contributed by atoms with Crippen molar-refractivity contribution < 1.29 is 8.42 Å². The van der Waals surface area contributed by atoms with Gasteiger partial charge in [0.1, 0.15) is 5.82 Å². The van der Waals surface area contributed by atoms with Crippen molar-refractivity contribution in [2.45, 2.75) is 30.4 Å². The van der Waals surface area contributed by atoms with Gasteiger partial charge < -0.3 is 5.32 Å². The number of sulfone groups is 1. The van der Waals surface area contributed by atoms with Gasteiger partial charge in [-0.15, -0.1) is 0 Å². The number of hydrogen-bond donors (Lipinski definition) is 1. The predicted octanol–water partition coefficient (Wildman–Crippen LogP) is 3.98. The van der Waals surface area contributed by atoms with Crippen LogP contribution in [0.4, 0.5) is 5.82 Å². The summed E-state index contributed by atoms with van der Waals surface area (Å²) < 4.78 is 24.5. The van der Waals surface area contributed by atoms with Crippen LogP contribution >= 0.6 is 0 Å². The fourth-order valence-corrected chi connectivity index (χ4v) is 3.72. The Kier molecular flexibility index (Phi) is 5.86. The summed E-state index contributed by atoms with van der Waals surface area (Å²) in [6, 6.07) is 17.0. The van der Waals surface area contributed by atoms with Gasteiger partial charge in [0.2, 0.25) is 0 Å². The van der Waals surface area contributed by atoms with E-state index in [9.17, 15) is 8.42 Å². The summed E-state index contributed by atoms with van der Waals surface area (Å²) in [6.07, 6.45) is 4.26. The van der Waals surface area contributed by atoms with Crippen LogP contribution < -0.4 is 5.32 Å². The molecule has 1 N–H and O–H groups in total. The summed E-state index contributed by atoms with van der Waals surface area (Å²) in [4.78, 5) is 9.15. The first kappa shape index (κ1) is 19.0. The Balaban J connectivity index is 1.70. The molecule has 0 unspecified atom stereocenters. The Morgan fingerprint density at radius 2 is 1.67 bits per heavy atom. The van der Waals surface area contributed by atoms with Crippen molar-refractivity contribution >= 4 is 15.7 Å². The lowest BCUT2D eigenvalue weighted by Gasteiger charge is -2.09. The fraction of sp³-hybridized carbons (Fsp3) is 0.238. The van der Waals surface area contributed by atoms with Crippen molar-refractivity contribution in [1.29, 1.82) is 0 Å². The number of nitrogens with zero attached hydrogens (tertiary/aromatic N) is 2. The first-order valence-electron chi connectivity index (χ1n) is 8.91. The second-order valence-corrected chi connectivity index (χ2v) is 9.07. The molecule has 0 aliphatic carbocycles. The van der Waals surface area contributed by atoms with E-state index in [1.165, 1.54) is 5.56 Å². The van der Waals surface area contributed by atoms with E-state index in [2.05, 4.69) is 27.4 Å². The van der Waals surface area contributed by atoms with Crippen molar-refractivity contribution in [2.75, 3.05) is 11.9 Å². The van der Waals surface area contributed by atoms with Crippen molar-refractivity contribution in [1.82, 2.24) is 9.97 Å². The van der Waals surface area contributed by atoms with Crippen molar-refractivity contribution in [2.24, 2.45) is 0 Å².